The summed E-state index contributed by atoms with van der Waals surface area (Å²) in [4.78, 5) is 42.8. The number of nitrogens with zero attached hydrogens (tertiary/aromatic N) is 6. The number of hydrogen-bond donors (Lipinski definition) is 5. The summed E-state index contributed by atoms with van der Waals surface area (Å²) < 4.78 is 20.2. The van der Waals surface area contributed by atoms with E-state index in [9.17, 15) is 19.4 Å². The molecule has 3 saturated heterocycles. The monoisotopic (exact) mass is 961 g/mol. The maximum Gasteiger partial charge on any atom is 0.234 e. The van der Waals surface area contributed by atoms with Crippen molar-refractivity contribution < 1.29 is 18.9 Å². The van der Waals surface area contributed by atoms with Gasteiger partial charge in [-0.15, -0.1) is 0 Å². The molecule has 0 aliphatic carbocycles. The average molecular weight is 963 g/mol. The highest BCUT2D eigenvalue weighted by atomic mass is 79.9. The highest BCUT2D eigenvalue weighted by Crippen LogP contribution is 2.42. The Kier molecular flexibility index (Phi) is 14.1. The second-order valence-electron chi connectivity index (χ2n) is 17.6. The first-order chi connectivity index (χ1) is 31.3. The summed E-state index contributed by atoms with van der Waals surface area (Å²) in [5.74, 6) is 1.11. The summed E-state index contributed by atoms with van der Waals surface area (Å²) in [6.07, 6.45) is 5.34. The van der Waals surface area contributed by atoms with Crippen LogP contribution in [0.3, 0.4) is 0 Å². The number of piperidine rings is 2. The molecule has 3 aliphatic heterocycles. The third-order valence-corrected chi connectivity index (χ3v) is 14.8. The lowest BCUT2D eigenvalue weighted by Crippen LogP contribution is -2.51. The van der Waals surface area contributed by atoms with Gasteiger partial charge in [0.1, 0.15) is 18.7 Å². The third kappa shape index (κ3) is 10.4. The Morgan fingerprint density at radius 1 is 0.969 bits per heavy atom. The van der Waals surface area contributed by atoms with Crippen molar-refractivity contribution in [1.82, 2.24) is 30.9 Å². The topological polar surface area (TPSA) is 190 Å². The van der Waals surface area contributed by atoms with Crippen LogP contribution in [0.15, 0.2) is 65.3 Å². The number of amides is 2. The molecule has 0 spiro atoms. The number of rotatable bonds is 16. The normalized spacial score (nSPS) is 17.2. The molecular formula is C48H57BrN11O4P. The molecular weight excluding hydrogens is 905 g/mol. The minimum Gasteiger partial charge on any atom is -0.494 e. The Balaban J connectivity index is 0.811. The average Bonchev–Trinajstić information content (AvgIpc) is 3.27. The Bertz CT molecular complexity index is 2690. The number of carbonyl (C=O) groups excluding carboxylic acids is 2. The maximum absolute atomic E-state index is 13.6. The van der Waals surface area contributed by atoms with Crippen molar-refractivity contribution in [2.24, 2.45) is 5.92 Å². The van der Waals surface area contributed by atoms with Crippen LogP contribution in [0.2, 0.25) is 0 Å². The molecule has 1 atom stereocenters. The predicted molar refractivity (Wildman–Crippen MR) is 262 cm³/mol. The number of fused-ring (bicyclic) bond motifs is 1. The molecule has 8 rings (SSSR count). The molecule has 0 saturated carbocycles. The van der Waals surface area contributed by atoms with Gasteiger partial charge in [0.25, 0.3) is 0 Å². The summed E-state index contributed by atoms with van der Waals surface area (Å²) in [5.41, 5.74) is 7.74. The molecule has 15 nitrogen and oxygen atoms in total. The van der Waals surface area contributed by atoms with Crippen molar-refractivity contribution in [1.29, 1.82) is 5.26 Å². The molecule has 5 N–H and O–H groups in total. The number of pyridine rings is 1. The second kappa shape index (κ2) is 19.9. The molecule has 5 heterocycles. The number of benzene rings is 3. The van der Waals surface area contributed by atoms with Gasteiger partial charge in [0.05, 0.1) is 46.0 Å². The summed E-state index contributed by atoms with van der Waals surface area (Å²) in [7, 11) is -1.05. The van der Waals surface area contributed by atoms with Crippen LogP contribution >= 0.6 is 23.1 Å². The number of aromatic nitrogens is 3. The van der Waals surface area contributed by atoms with E-state index in [-0.39, 0.29) is 18.2 Å². The number of nitriles is 1. The summed E-state index contributed by atoms with van der Waals surface area (Å²) >= 11 is 3.62. The SMILES string of the molecule is CCc1cc(Nc2ncc(Br)c(Nc3ccc4nc(C)ccc4c3P(C)(C)=O)n2)c(OC)cc1N1CCC(NCCNCC2CN(c3ccc(C4CCC(=O)NC4=O)c(C#N)c3)C2)CC1. The molecule has 0 bridgehead atoms. The number of methoxy groups -OCH3 is 1. The van der Waals surface area contributed by atoms with Crippen LogP contribution in [0.1, 0.15) is 60.9 Å². The predicted octanol–water partition coefficient (Wildman–Crippen LogP) is 7.08. The van der Waals surface area contributed by atoms with Gasteiger partial charge in [0.2, 0.25) is 17.8 Å². The number of ether oxygens (including phenoxy) is 1. The summed E-state index contributed by atoms with van der Waals surface area (Å²) in [5, 5.41) is 28.0. The molecule has 1 unspecified atom stereocenters. The summed E-state index contributed by atoms with van der Waals surface area (Å²) in [6.45, 7) is 14.1. The van der Waals surface area contributed by atoms with Gasteiger partial charge in [-0.25, -0.2) is 4.98 Å². The lowest BCUT2D eigenvalue weighted by Gasteiger charge is -2.41. The van der Waals surface area contributed by atoms with Gasteiger partial charge in [-0.3, -0.25) is 19.9 Å². The van der Waals surface area contributed by atoms with Gasteiger partial charge in [0.15, 0.2) is 0 Å². The highest BCUT2D eigenvalue weighted by Gasteiger charge is 2.32. The van der Waals surface area contributed by atoms with Crippen molar-refractivity contribution in [3.63, 3.8) is 0 Å². The van der Waals surface area contributed by atoms with E-state index in [1.807, 2.05) is 49.4 Å². The molecule has 340 valence electrons. The van der Waals surface area contributed by atoms with E-state index in [0.29, 0.717) is 57.2 Å². The number of anilines is 6. The first kappa shape index (κ1) is 46.0. The van der Waals surface area contributed by atoms with E-state index < -0.39 is 13.1 Å². The van der Waals surface area contributed by atoms with Crippen LogP contribution in [-0.2, 0) is 20.6 Å². The third-order valence-electron chi connectivity index (χ3n) is 12.6. The Labute approximate surface area is 389 Å². The van der Waals surface area contributed by atoms with E-state index >= 15 is 0 Å². The molecule has 2 aromatic heterocycles. The summed E-state index contributed by atoms with van der Waals surface area (Å²) in [6, 6.07) is 20.5. The van der Waals surface area contributed by atoms with Gasteiger partial charge >= 0.3 is 0 Å². The van der Waals surface area contributed by atoms with E-state index in [2.05, 4.69) is 87.4 Å². The number of carbonyl (C=O) groups is 2. The number of imide groups is 1. The van der Waals surface area contributed by atoms with Crippen LogP contribution in [0.4, 0.5) is 34.5 Å². The molecule has 17 heteroatoms. The molecule has 3 aromatic carbocycles. The van der Waals surface area contributed by atoms with E-state index in [4.69, 9.17) is 9.72 Å². The minimum atomic E-state index is -2.72. The van der Waals surface area contributed by atoms with Crippen LogP contribution in [0, 0.1) is 24.2 Å². The van der Waals surface area contributed by atoms with Crippen LogP contribution in [0.5, 0.6) is 5.75 Å². The number of nitrogens with one attached hydrogen (secondary N) is 5. The Morgan fingerprint density at radius 2 is 1.77 bits per heavy atom. The fraction of sp³-hybridized carbons (Fsp3) is 0.417. The first-order valence-electron chi connectivity index (χ1n) is 22.4. The van der Waals surface area contributed by atoms with Crippen LogP contribution in [0.25, 0.3) is 10.9 Å². The van der Waals surface area contributed by atoms with Crippen molar-refractivity contribution in [2.45, 2.75) is 57.9 Å². The molecule has 5 aromatic rings. The van der Waals surface area contributed by atoms with Gasteiger partial charge in [-0.1, -0.05) is 19.1 Å². The molecule has 65 heavy (non-hydrogen) atoms. The van der Waals surface area contributed by atoms with E-state index in [0.717, 1.165) is 98.4 Å². The van der Waals surface area contributed by atoms with Crippen LogP contribution in [-0.4, -0.2) is 99.1 Å². The minimum absolute atomic E-state index is 0.256. The largest absolute Gasteiger partial charge is 0.494 e. The molecule has 0 radical (unpaired) electrons. The fourth-order valence-corrected chi connectivity index (χ4v) is 11.0. The van der Waals surface area contributed by atoms with Gasteiger partial charge in [-0.05, 0) is 109 Å². The van der Waals surface area contributed by atoms with Crippen molar-refractivity contribution in [3.8, 4) is 11.8 Å². The highest BCUT2D eigenvalue weighted by molar-refractivity contribution is 9.10. The van der Waals surface area contributed by atoms with Gasteiger partial charge in [0, 0.05) is 104 Å². The van der Waals surface area contributed by atoms with Crippen LogP contribution < -0.4 is 46.4 Å². The maximum atomic E-state index is 13.6. The van der Waals surface area contributed by atoms with Crippen molar-refractivity contribution in [3.05, 3.63) is 87.7 Å². The van der Waals surface area contributed by atoms with E-state index in [1.165, 1.54) is 11.3 Å². The molecule has 2 amide bonds. The van der Waals surface area contributed by atoms with Gasteiger partial charge in [-0.2, -0.15) is 10.2 Å². The zero-order valence-corrected chi connectivity index (χ0v) is 40.1. The van der Waals surface area contributed by atoms with E-state index in [1.54, 1.807) is 26.6 Å². The lowest BCUT2D eigenvalue weighted by atomic mass is 9.87. The van der Waals surface area contributed by atoms with Crippen molar-refractivity contribution >= 4 is 85.6 Å². The zero-order chi connectivity index (χ0) is 45.8. The number of hydrogen-bond acceptors (Lipinski definition) is 14. The standard InChI is InChI=1S/C48H57BrN11O4P/c1-6-31-22-41(56-48-53-26-38(49)46(58-48)55-40-13-12-39-37(9-7-29(2)54-39)45(40)65(4,5)63)43(64-3)23-42(31)59-19-15-33(16-20-59)52-18-17-51-25-30-27-60(28-30)34-8-10-35(32(21-34)24-50)36-11-14-44(61)57-47(36)62/h7-10,12-13,21-23,26,30,33,36,51-52H,6,11,14-20,25,27-28H2,1-5H3,(H,57,61,62)(H2,53,55,56,58). The quantitative estimate of drug-likeness (QED) is 0.0383. The smallest absolute Gasteiger partial charge is 0.234 e. The molecule has 3 aliphatic rings. The first-order valence-corrected chi connectivity index (χ1v) is 25.8. The Hall–Kier alpha value is -5.59. The zero-order valence-electron chi connectivity index (χ0n) is 37.6. The number of aryl methyl sites for hydroxylation is 2. The lowest BCUT2D eigenvalue weighted by molar-refractivity contribution is -0.134. The fourth-order valence-electron chi connectivity index (χ4n) is 9.23. The molecule has 3 fully saturated rings. The van der Waals surface area contributed by atoms with Crippen molar-refractivity contribution in [2.75, 3.05) is 86.7 Å². The number of halogens is 1. The van der Waals surface area contributed by atoms with Gasteiger partial charge < -0.3 is 40.4 Å². The Morgan fingerprint density at radius 3 is 2.49 bits per heavy atom. The second-order valence-corrected chi connectivity index (χ2v) is 21.6.